The van der Waals surface area contributed by atoms with Crippen molar-refractivity contribution in [1.29, 1.82) is 0 Å². The molecule has 0 atom stereocenters. The zero-order chi connectivity index (χ0) is 20.4. The van der Waals surface area contributed by atoms with Crippen molar-refractivity contribution in [3.05, 3.63) is 35.8 Å². The number of aryl methyl sites for hydroxylation is 1. The highest BCUT2D eigenvalue weighted by Gasteiger charge is 2.23. The highest BCUT2D eigenvalue weighted by Crippen LogP contribution is 2.25. The van der Waals surface area contributed by atoms with Crippen LogP contribution in [-0.2, 0) is 4.79 Å². The van der Waals surface area contributed by atoms with Crippen molar-refractivity contribution in [2.24, 2.45) is 0 Å². The van der Waals surface area contributed by atoms with Crippen LogP contribution in [0.3, 0.4) is 0 Å². The molecule has 1 aliphatic heterocycles. The lowest BCUT2D eigenvalue weighted by Crippen LogP contribution is -2.39. The van der Waals surface area contributed by atoms with Crippen LogP contribution in [-0.4, -0.2) is 56.0 Å². The standard InChI is InChI=1S/C19H20FN5O3S/c1-11-2-3-12(20)8-15(11)28-13-4-6-25(7-5-13)18-21-9-14-17(23-18)24-19(22-14)29-10-16(26)27/h2-3,8-9,13H,4-7,10H2,1H3,(H,26,27)(H,21,22,23,24). The number of carboxylic acid groups (broad SMARTS) is 1. The summed E-state index contributed by atoms with van der Waals surface area (Å²) in [5.41, 5.74) is 2.09. The average molecular weight is 417 g/mol. The molecule has 4 rings (SSSR count). The van der Waals surface area contributed by atoms with Gasteiger partial charge in [0.15, 0.2) is 10.8 Å². The first-order chi connectivity index (χ1) is 14.0. The topological polar surface area (TPSA) is 104 Å². The third-order valence-electron chi connectivity index (χ3n) is 4.71. The molecule has 0 unspecified atom stereocenters. The second kappa shape index (κ2) is 8.24. The van der Waals surface area contributed by atoms with Crippen LogP contribution in [0.1, 0.15) is 18.4 Å². The lowest BCUT2D eigenvalue weighted by Gasteiger charge is -2.32. The van der Waals surface area contributed by atoms with Crippen LogP contribution in [0.5, 0.6) is 5.75 Å². The number of aliphatic carboxylic acids is 1. The van der Waals surface area contributed by atoms with Gasteiger partial charge in [0, 0.05) is 32.0 Å². The van der Waals surface area contributed by atoms with E-state index in [1.165, 1.54) is 12.1 Å². The summed E-state index contributed by atoms with van der Waals surface area (Å²) in [6.07, 6.45) is 3.23. The molecule has 0 aliphatic carbocycles. The number of fused-ring (bicyclic) bond motifs is 1. The van der Waals surface area contributed by atoms with Crippen molar-refractivity contribution in [3.63, 3.8) is 0 Å². The molecule has 2 N–H and O–H groups in total. The van der Waals surface area contributed by atoms with E-state index in [-0.39, 0.29) is 17.7 Å². The third-order valence-corrected chi connectivity index (χ3v) is 5.56. The van der Waals surface area contributed by atoms with Crippen molar-refractivity contribution in [2.45, 2.75) is 31.0 Å². The lowest BCUT2D eigenvalue weighted by atomic mass is 10.1. The molecule has 0 bridgehead atoms. The molecular weight excluding hydrogens is 397 g/mol. The summed E-state index contributed by atoms with van der Waals surface area (Å²) in [6, 6.07) is 4.57. The van der Waals surface area contributed by atoms with Gasteiger partial charge in [0.05, 0.1) is 11.9 Å². The Bertz CT molecular complexity index is 1040. The minimum absolute atomic E-state index is 0.0138. The molecule has 3 aromatic rings. The fourth-order valence-corrected chi connectivity index (χ4v) is 3.77. The second-order valence-electron chi connectivity index (χ2n) is 6.85. The molecule has 1 fully saturated rings. The largest absolute Gasteiger partial charge is 0.490 e. The molecule has 1 aromatic carbocycles. The van der Waals surface area contributed by atoms with Gasteiger partial charge in [0.1, 0.15) is 23.2 Å². The van der Waals surface area contributed by atoms with Crippen LogP contribution >= 0.6 is 11.8 Å². The zero-order valence-corrected chi connectivity index (χ0v) is 16.6. The summed E-state index contributed by atoms with van der Waals surface area (Å²) >= 11 is 1.11. The Morgan fingerprint density at radius 2 is 2.17 bits per heavy atom. The number of nitrogens with zero attached hydrogens (tertiary/aromatic N) is 4. The van der Waals surface area contributed by atoms with Crippen molar-refractivity contribution < 1.29 is 19.0 Å². The van der Waals surface area contributed by atoms with Crippen LogP contribution in [0.4, 0.5) is 10.3 Å². The molecule has 8 nitrogen and oxygen atoms in total. The Morgan fingerprint density at radius 1 is 1.38 bits per heavy atom. The van der Waals surface area contributed by atoms with Gasteiger partial charge in [-0.1, -0.05) is 17.8 Å². The number of thioether (sulfide) groups is 1. The monoisotopic (exact) mass is 417 g/mol. The van der Waals surface area contributed by atoms with E-state index in [0.29, 0.717) is 28.0 Å². The third kappa shape index (κ3) is 4.58. The summed E-state index contributed by atoms with van der Waals surface area (Å²) in [5.74, 6) is -0.105. The number of ether oxygens (including phenoxy) is 1. The number of halogens is 1. The van der Waals surface area contributed by atoms with Gasteiger partial charge in [-0.3, -0.25) is 4.79 Å². The number of aromatic amines is 1. The molecule has 1 aliphatic rings. The van der Waals surface area contributed by atoms with Gasteiger partial charge in [-0.25, -0.2) is 14.4 Å². The molecule has 0 saturated carbocycles. The quantitative estimate of drug-likeness (QED) is 0.590. The molecule has 0 radical (unpaired) electrons. The Hall–Kier alpha value is -2.88. The first-order valence-corrected chi connectivity index (χ1v) is 10.2. The van der Waals surface area contributed by atoms with Gasteiger partial charge >= 0.3 is 5.97 Å². The highest BCUT2D eigenvalue weighted by atomic mass is 32.2. The summed E-state index contributed by atoms with van der Waals surface area (Å²) < 4.78 is 19.5. The number of aromatic nitrogens is 4. The molecule has 29 heavy (non-hydrogen) atoms. The Morgan fingerprint density at radius 3 is 2.93 bits per heavy atom. The molecule has 3 heterocycles. The van der Waals surface area contributed by atoms with Crippen molar-refractivity contribution in [1.82, 2.24) is 19.9 Å². The predicted octanol–water partition coefficient (Wildman–Crippen LogP) is 3.02. The van der Waals surface area contributed by atoms with Crippen LogP contribution in [0.15, 0.2) is 29.6 Å². The minimum atomic E-state index is -0.902. The average Bonchev–Trinajstić information content (AvgIpc) is 3.12. The highest BCUT2D eigenvalue weighted by molar-refractivity contribution is 7.99. The Labute approximate surface area is 170 Å². The summed E-state index contributed by atoms with van der Waals surface area (Å²) in [7, 11) is 0. The minimum Gasteiger partial charge on any atom is -0.490 e. The molecule has 0 amide bonds. The normalized spacial score (nSPS) is 15.0. The number of H-pyrrole nitrogens is 1. The molecule has 2 aromatic heterocycles. The van der Waals surface area contributed by atoms with Gasteiger partial charge in [0.2, 0.25) is 5.95 Å². The van der Waals surface area contributed by atoms with E-state index in [2.05, 4.69) is 24.8 Å². The Balaban J connectivity index is 1.39. The first kappa shape index (κ1) is 19.4. The first-order valence-electron chi connectivity index (χ1n) is 9.23. The van der Waals surface area contributed by atoms with Crippen molar-refractivity contribution >= 4 is 34.8 Å². The fraction of sp³-hybridized carbons (Fsp3) is 0.368. The molecular formula is C19H20FN5O3S. The van der Waals surface area contributed by atoms with E-state index in [1.807, 2.05) is 6.92 Å². The number of anilines is 1. The number of imidazole rings is 1. The van der Waals surface area contributed by atoms with E-state index in [1.54, 1.807) is 12.3 Å². The molecule has 0 spiro atoms. The summed E-state index contributed by atoms with van der Waals surface area (Å²) in [4.78, 5) is 29.0. The van der Waals surface area contributed by atoms with Gasteiger partial charge < -0.3 is 19.7 Å². The van der Waals surface area contributed by atoms with Crippen molar-refractivity contribution in [3.8, 4) is 5.75 Å². The number of hydrogen-bond acceptors (Lipinski definition) is 7. The number of hydrogen-bond donors (Lipinski definition) is 2. The number of nitrogens with one attached hydrogen (secondary N) is 1. The summed E-state index contributed by atoms with van der Waals surface area (Å²) in [5, 5.41) is 9.29. The second-order valence-corrected chi connectivity index (χ2v) is 7.81. The van der Waals surface area contributed by atoms with Crippen LogP contribution in [0.2, 0.25) is 0 Å². The maximum absolute atomic E-state index is 13.5. The molecule has 10 heteroatoms. The van der Waals surface area contributed by atoms with Crippen molar-refractivity contribution in [2.75, 3.05) is 23.7 Å². The SMILES string of the molecule is Cc1ccc(F)cc1OC1CCN(c2ncc3[nH]c(SCC(=O)O)nc3n2)CC1. The smallest absolute Gasteiger partial charge is 0.313 e. The molecule has 1 saturated heterocycles. The van der Waals surface area contributed by atoms with E-state index < -0.39 is 5.97 Å². The van der Waals surface area contributed by atoms with Crippen LogP contribution in [0.25, 0.3) is 11.2 Å². The van der Waals surface area contributed by atoms with Gasteiger partial charge in [-0.2, -0.15) is 4.98 Å². The number of piperidine rings is 1. The summed E-state index contributed by atoms with van der Waals surface area (Å²) in [6.45, 7) is 3.34. The fourth-order valence-electron chi connectivity index (χ4n) is 3.18. The van der Waals surface area contributed by atoms with E-state index in [9.17, 15) is 9.18 Å². The van der Waals surface area contributed by atoms with E-state index >= 15 is 0 Å². The van der Waals surface area contributed by atoms with Gasteiger partial charge in [-0.15, -0.1) is 0 Å². The van der Waals surface area contributed by atoms with Gasteiger partial charge in [-0.05, 0) is 18.6 Å². The maximum atomic E-state index is 13.5. The zero-order valence-electron chi connectivity index (χ0n) is 15.8. The van der Waals surface area contributed by atoms with Crippen LogP contribution < -0.4 is 9.64 Å². The Kier molecular flexibility index (Phi) is 5.52. The van der Waals surface area contributed by atoms with E-state index in [4.69, 9.17) is 9.84 Å². The number of rotatable bonds is 6. The lowest BCUT2D eigenvalue weighted by molar-refractivity contribution is -0.133. The number of benzene rings is 1. The number of carboxylic acids is 1. The predicted molar refractivity (Wildman–Crippen MR) is 107 cm³/mol. The van der Waals surface area contributed by atoms with Gasteiger partial charge in [0.25, 0.3) is 0 Å². The number of carbonyl (C=O) groups is 1. The maximum Gasteiger partial charge on any atom is 0.313 e. The molecule has 152 valence electrons. The van der Waals surface area contributed by atoms with Crippen LogP contribution in [0, 0.1) is 12.7 Å². The van der Waals surface area contributed by atoms with E-state index in [0.717, 1.165) is 43.3 Å².